The van der Waals surface area contributed by atoms with Gasteiger partial charge in [0, 0.05) is 11.1 Å². The summed E-state index contributed by atoms with van der Waals surface area (Å²) in [5.41, 5.74) is 6.88. The summed E-state index contributed by atoms with van der Waals surface area (Å²) in [4.78, 5) is 11.4. The fourth-order valence-electron chi connectivity index (χ4n) is 1.36. The Kier molecular flexibility index (Phi) is 4.57. The van der Waals surface area contributed by atoms with Gasteiger partial charge in [-0.1, -0.05) is 13.8 Å². The summed E-state index contributed by atoms with van der Waals surface area (Å²) in [5.74, 6) is -0.246. The van der Waals surface area contributed by atoms with E-state index >= 15 is 0 Å². The number of ether oxygens (including phenoxy) is 1. The van der Waals surface area contributed by atoms with Crippen molar-refractivity contribution in [3.63, 3.8) is 0 Å². The second-order valence-electron chi connectivity index (χ2n) is 3.13. The highest BCUT2D eigenvalue weighted by Crippen LogP contribution is 2.22. The number of carbonyl (C=O) groups excluding carboxylic acids is 1. The number of nitrogen functional groups attached to an aromatic ring is 1. The molecule has 0 unspecified atom stereocenters. The molecule has 0 fully saturated rings. The summed E-state index contributed by atoms with van der Waals surface area (Å²) in [6, 6.07) is 6.83. The minimum Gasteiger partial charge on any atom is -0.460 e. The molecule has 0 saturated carbocycles. The molecule has 2 rings (SSSR count). The Hall–Kier alpha value is -1.97. The van der Waals surface area contributed by atoms with Gasteiger partial charge in [-0.05, 0) is 31.2 Å². The van der Waals surface area contributed by atoms with Gasteiger partial charge in [0.1, 0.15) is 5.58 Å². The molecule has 1 aromatic heterocycles. The molecule has 4 heteroatoms. The number of carbonyl (C=O) groups is 1. The number of esters is 1. The van der Waals surface area contributed by atoms with Crippen LogP contribution in [-0.4, -0.2) is 12.6 Å². The van der Waals surface area contributed by atoms with Crippen molar-refractivity contribution in [3.05, 3.63) is 30.0 Å². The maximum Gasteiger partial charge on any atom is 0.374 e. The van der Waals surface area contributed by atoms with E-state index in [-0.39, 0.29) is 5.76 Å². The molecule has 17 heavy (non-hydrogen) atoms. The van der Waals surface area contributed by atoms with E-state index in [1.165, 1.54) is 0 Å². The van der Waals surface area contributed by atoms with Gasteiger partial charge in [0.25, 0.3) is 0 Å². The molecule has 0 saturated heterocycles. The predicted octanol–water partition coefficient (Wildman–Crippen LogP) is 3.22. The molecule has 0 spiro atoms. The van der Waals surface area contributed by atoms with Crippen LogP contribution in [0.3, 0.4) is 0 Å². The lowest BCUT2D eigenvalue weighted by atomic mass is 10.2. The Morgan fingerprint density at radius 2 is 2.06 bits per heavy atom. The van der Waals surface area contributed by atoms with Crippen molar-refractivity contribution >= 4 is 22.6 Å². The van der Waals surface area contributed by atoms with Crippen LogP contribution in [0.2, 0.25) is 0 Å². The van der Waals surface area contributed by atoms with E-state index in [9.17, 15) is 4.79 Å². The van der Waals surface area contributed by atoms with E-state index in [0.29, 0.717) is 17.9 Å². The van der Waals surface area contributed by atoms with Gasteiger partial charge in [-0.3, -0.25) is 0 Å². The highest BCUT2D eigenvalue weighted by atomic mass is 16.5. The van der Waals surface area contributed by atoms with Crippen LogP contribution in [0.5, 0.6) is 0 Å². The standard InChI is InChI=1S/C11H11NO3.C2H6/c1-2-14-11(13)10-6-7-5-8(12)3-4-9(7)15-10;1-2/h3-6H,2,12H2,1H3;1-2H3. The zero-order valence-electron chi connectivity index (χ0n) is 10.3. The maximum absolute atomic E-state index is 11.4. The Balaban J connectivity index is 0.000000686. The first kappa shape index (κ1) is 13.1. The monoisotopic (exact) mass is 235 g/mol. The molecule has 0 bridgehead atoms. The summed E-state index contributed by atoms with van der Waals surface area (Å²) >= 11 is 0. The van der Waals surface area contributed by atoms with Gasteiger partial charge in [-0.15, -0.1) is 0 Å². The first-order chi connectivity index (χ1) is 8.20. The van der Waals surface area contributed by atoms with Crippen LogP contribution in [0, 0.1) is 0 Å². The van der Waals surface area contributed by atoms with Crippen molar-refractivity contribution in [1.29, 1.82) is 0 Å². The quantitative estimate of drug-likeness (QED) is 0.641. The number of benzene rings is 1. The zero-order chi connectivity index (χ0) is 12.8. The number of furan rings is 1. The highest BCUT2D eigenvalue weighted by Gasteiger charge is 2.12. The van der Waals surface area contributed by atoms with Crippen LogP contribution in [-0.2, 0) is 4.74 Å². The molecule has 0 aliphatic carbocycles. The average Bonchev–Trinajstić information content (AvgIpc) is 2.75. The fraction of sp³-hybridized carbons (Fsp3) is 0.308. The van der Waals surface area contributed by atoms with Crippen LogP contribution in [0.1, 0.15) is 31.3 Å². The largest absolute Gasteiger partial charge is 0.460 e. The number of nitrogens with two attached hydrogens (primary N) is 1. The third-order valence-corrected chi connectivity index (χ3v) is 2.02. The van der Waals surface area contributed by atoms with E-state index in [2.05, 4.69) is 0 Å². The maximum atomic E-state index is 11.4. The van der Waals surface area contributed by atoms with Crippen molar-refractivity contribution in [1.82, 2.24) is 0 Å². The highest BCUT2D eigenvalue weighted by molar-refractivity contribution is 5.93. The van der Waals surface area contributed by atoms with Gasteiger partial charge in [0.05, 0.1) is 6.61 Å². The Morgan fingerprint density at radius 1 is 1.35 bits per heavy atom. The molecular weight excluding hydrogens is 218 g/mol. The van der Waals surface area contributed by atoms with Crippen LogP contribution >= 0.6 is 0 Å². The molecule has 1 aromatic carbocycles. The van der Waals surface area contributed by atoms with Gasteiger partial charge in [0.2, 0.25) is 5.76 Å². The lowest BCUT2D eigenvalue weighted by Gasteiger charge is -1.95. The van der Waals surface area contributed by atoms with Crippen LogP contribution in [0.15, 0.2) is 28.7 Å². The van der Waals surface area contributed by atoms with Gasteiger partial charge in [0.15, 0.2) is 0 Å². The molecule has 2 N–H and O–H groups in total. The van der Waals surface area contributed by atoms with Crippen molar-refractivity contribution in [2.75, 3.05) is 12.3 Å². The van der Waals surface area contributed by atoms with Crippen LogP contribution in [0.4, 0.5) is 5.69 Å². The predicted molar refractivity (Wildman–Crippen MR) is 67.9 cm³/mol. The third-order valence-electron chi connectivity index (χ3n) is 2.02. The van der Waals surface area contributed by atoms with Gasteiger partial charge in [-0.2, -0.15) is 0 Å². The minimum atomic E-state index is -0.452. The molecule has 92 valence electrons. The first-order valence-electron chi connectivity index (χ1n) is 5.67. The summed E-state index contributed by atoms with van der Waals surface area (Å²) in [7, 11) is 0. The minimum absolute atomic E-state index is 0.206. The summed E-state index contributed by atoms with van der Waals surface area (Å²) < 4.78 is 10.1. The molecular formula is C13H17NO3. The fourth-order valence-corrected chi connectivity index (χ4v) is 1.36. The van der Waals surface area contributed by atoms with Crippen LogP contribution in [0.25, 0.3) is 11.0 Å². The number of hydrogen-bond acceptors (Lipinski definition) is 4. The van der Waals surface area contributed by atoms with Crippen molar-refractivity contribution < 1.29 is 13.9 Å². The lowest BCUT2D eigenvalue weighted by Crippen LogP contribution is -2.02. The molecule has 1 heterocycles. The average molecular weight is 235 g/mol. The van der Waals surface area contributed by atoms with Crippen molar-refractivity contribution in [2.45, 2.75) is 20.8 Å². The number of fused-ring (bicyclic) bond motifs is 1. The molecule has 0 aliphatic heterocycles. The van der Waals surface area contributed by atoms with E-state index in [1.54, 1.807) is 31.2 Å². The van der Waals surface area contributed by atoms with Gasteiger partial charge >= 0.3 is 5.97 Å². The molecule has 0 radical (unpaired) electrons. The van der Waals surface area contributed by atoms with Gasteiger partial charge in [-0.25, -0.2) is 4.79 Å². The number of rotatable bonds is 2. The Labute approximate surface area is 100 Å². The smallest absolute Gasteiger partial charge is 0.374 e. The van der Waals surface area contributed by atoms with E-state index < -0.39 is 5.97 Å². The second-order valence-corrected chi connectivity index (χ2v) is 3.13. The Bertz CT molecular complexity index is 502. The van der Waals surface area contributed by atoms with Crippen molar-refractivity contribution in [3.8, 4) is 0 Å². The lowest BCUT2D eigenvalue weighted by molar-refractivity contribution is 0.0492. The number of anilines is 1. The topological polar surface area (TPSA) is 65.5 Å². The second kappa shape index (κ2) is 5.94. The molecule has 0 amide bonds. The van der Waals surface area contributed by atoms with Crippen molar-refractivity contribution in [2.24, 2.45) is 0 Å². The normalized spacial score (nSPS) is 9.59. The van der Waals surface area contributed by atoms with E-state index in [1.807, 2.05) is 13.8 Å². The Morgan fingerprint density at radius 3 is 2.71 bits per heavy atom. The van der Waals surface area contributed by atoms with E-state index in [4.69, 9.17) is 14.9 Å². The summed E-state index contributed by atoms with van der Waals surface area (Å²) in [6.45, 7) is 6.08. The zero-order valence-corrected chi connectivity index (χ0v) is 10.3. The molecule has 0 aliphatic rings. The third kappa shape index (κ3) is 3.00. The summed E-state index contributed by atoms with van der Waals surface area (Å²) in [5, 5.41) is 0.804. The SMILES string of the molecule is CC.CCOC(=O)c1cc2cc(N)ccc2o1. The molecule has 2 aromatic rings. The van der Waals surface area contributed by atoms with Crippen LogP contribution < -0.4 is 5.73 Å². The molecule has 0 atom stereocenters. The number of hydrogen-bond donors (Lipinski definition) is 1. The van der Waals surface area contributed by atoms with E-state index in [0.717, 1.165) is 5.39 Å². The molecule has 4 nitrogen and oxygen atoms in total. The summed E-state index contributed by atoms with van der Waals surface area (Å²) in [6.07, 6.45) is 0. The van der Waals surface area contributed by atoms with Gasteiger partial charge < -0.3 is 14.9 Å². The first-order valence-corrected chi connectivity index (χ1v) is 5.67.